The maximum absolute atomic E-state index is 10.5. The summed E-state index contributed by atoms with van der Waals surface area (Å²) in [6.45, 7) is -0.0419. The van der Waals surface area contributed by atoms with E-state index < -0.39 is 12.0 Å². The normalized spacial score (nSPS) is 11.2. The molecule has 1 unspecified atom stereocenters. The predicted octanol–water partition coefficient (Wildman–Crippen LogP) is -0.513. The maximum Gasteiger partial charge on any atom is 0.322 e. The van der Waals surface area contributed by atoms with Gasteiger partial charge in [-0.15, -0.1) is 17.0 Å². The van der Waals surface area contributed by atoms with Crippen molar-refractivity contribution in [3.05, 3.63) is 0 Å². The first-order valence-electron chi connectivity index (χ1n) is 2.89. The standard InChI is InChI=1S/C5H9BrN2O3.BrH/c6-1-4(9)8-2-3(7)5(10)11;/h3H,1-2,7H2,(H,8,9)(H,10,11);1H. The lowest BCUT2D eigenvalue weighted by Gasteiger charge is -2.06. The third kappa shape index (κ3) is 6.56. The van der Waals surface area contributed by atoms with E-state index in [4.69, 9.17) is 10.8 Å². The Morgan fingerprint density at radius 3 is 2.42 bits per heavy atom. The highest BCUT2D eigenvalue weighted by atomic mass is 79.9. The van der Waals surface area contributed by atoms with Crippen LogP contribution in [-0.2, 0) is 9.59 Å². The predicted molar refractivity (Wildman–Crippen MR) is 52.7 cm³/mol. The topological polar surface area (TPSA) is 92.4 Å². The number of rotatable bonds is 4. The molecular formula is C5H10Br2N2O3. The lowest BCUT2D eigenvalue weighted by molar-refractivity contribution is -0.138. The molecule has 0 spiro atoms. The summed E-state index contributed by atoms with van der Waals surface area (Å²) in [4.78, 5) is 20.6. The van der Waals surface area contributed by atoms with Gasteiger partial charge in [0.25, 0.3) is 0 Å². The Balaban J connectivity index is 0. The van der Waals surface area contributed by atoms with Crippen LogP contribution < -0.4 is 11.1 Å². The number of carboxylic acid groups (broad SMARTS) is 1. The number of nitrogens with one attached hydrogen (secondary N) is 1. The van der Waals surface area contributed by atoms with E-state index in [1.807, 2.05) is 0 Å². The molecule has 0 radical (unpaired) electrons. The number of halogens is 2. The molecule has 1 atom stereocenters. The molecule has 0 aliphatic rings. The Morgan fingerprint density at radius 1 is 1.58 bits per heavy atom. The van der Waals surface area contributed by atoms with Gasteiger partial charge in [0.15, 0.2) is 0 Å². The van der Waals surface area contributed by atoms with Gasteiger partial charge in [-0.05, 0) is 0 Å². The van der Waals surface area contributed by atoms with Crippen molar-refractivity contribution in [2.75, 3.05) is 11.9 Å². The Hall–Kier alpha value is -0.140. The fourth-order valence-corrected chi connectivity index (χ4v) is 0.557. The van der Waals surface area contributed by atoms with E-state index in [0.717, 1.165) is 0 Å². The molecular weight excluding hydrogens is 296 g/mol. The summed E-state index contributed by atoms with van der Waals surface area (Å²) in [6.07, 6.45) is 0. The minimum absolute atomic E-state index is 0. The molecule has 12 heavy (non-hydrogen) atoms. The first kappa shape index (κ1) is 14.4. The Kier molecular flexibility index (Phi) is 9.00. The second kappa shape index (κ2) is 7.51. The lowest BCUT2D eigenvalue weighted by atomic mass is 10.3. The minimum Gasteiger partial charge on any atom is -0.480 e. The molecule has 1 amide bonds. The summed E-state index contributed by atoms with van der Waals surface area (Å²) >= 11 is 2.90. The zero-order valence-electron chi connectivity index (χ0n) is 6.12. The van der Waals surface area contributed by atoms with Gasteiger partial charge in [-0.3, -0.25) is 9.59 Å². The van der Waals surface area contributed by atoms with E-state index in [0.29, 0.717) is 0 Å². The van der Waals surface area contributed by atoms with Gasteiger partial charge in [-0.2, -0.15) is 0 Å². The van der Waals surface area contributed by atoms with Gasteiger partial charge in [0.1, 0.15) is 6.04 Å². The molecule has 0 rings (SSSR count). The summed E-state index contributed by atoms with van der Waals surface area (Å²) in [5.74, 6) is -1.40. The molecule has 0 saturated carbocycles. The van der Waals surface area contributed by atoms with Crippen LogP contribution in [0.2, 0.25) is 0 Å². The van der Waals surface area contributed by atoms with Gasteiger partial charge in [0, 0.05) is 6.54 Å². The average Bonchev–Trinajstić information content (AvgIpc) is 1.99. The van der Waals surface area contributed by atoms with E-state index in [-0.39, 0.29) is 34.8 Å². The lowest BCUT2D eigenvalue weighted by Crippen LogP contribution is -2.42. The highest BCUT2D eigenvalue weighted by molar-refractivity contribution is 9.09. The second-order valence-corrected chi connectivity index (χ2v) is 2.44. The van der Waals surface area contributed by atoms with Crippen molar-refractivity contribution in [3.63, 3.8) is 0 Å². The van der Waals surface area contributed by atoms with Gasteiger partial charge in [0.05, 0.1) is 5.33 Å². The molecule has 0 aliphatic carbocycles. The van der Waals surface area contributed by atoms with Crippen LogP contribution in [0.4, 0.5) is 0 Å². The van der Waals surface area contributed by atoms with E-state index in [1.54, 1.807) is 0 Å². The number of hydrogen-bond donors (Lipinski definition) is 3. The molecule has 5 nitrogen and oxygen atoms in total. The van der Waals surface area contributed by atoms with Crippen LogP contribution in [0.15, 0.2) is 0 Å². The molecule has 0 heterocycles. The van der Waals surface area contributed by atoms with E-state index >= 15 is 0 Å². The van der Waals surface area contributed by atoms with Crippen LogP contribution >= 0.6 is 32.9 Å². The number of amides is 1. The van der Waals surface area contributed by atoms with Crippen LogP contribution in [-0.4, -0.2) is 34.9 Å². The SMILES string of the molecule is Br.NC(CNC(=O)CBr)C(=O)O. The number of alkyl halides is 1. The van der Waals surface area contributed by atoms with Crippen molar-refractivity contribution in [2.24, 2.45) is 5.73 Å². The zero-order chi connectivity index (χ0) is 8.85. The second-order valence-electron chi connectivity index (χ2n) is 1.88. The zero-order valence-corrected chi connectivity index (χ0v) is 9.42. The molecule has 0 aliphatic heterocycles. The van der Waals surface area contributed by atoms with Gasteiger partial charge in [-0.1, -0.05) is 15.9 Å². The summed E-state index contributed by atoms with van der Waals surface area (Å²) < 4.78 is 0. The number of aliphatic carboxylic acids is 1. The smallest absolute Gasteiger partial charge is 0.322 e. The van der Waals surface area contributed by atoms with Crippen molar-refractivity contribution in [3.8, 4) is 0 Å². The summed E-state index contributed by atoms with van der Waals surface area (Å²) in [5, 5.41) is 10.8. The van der Waals surface area contributed by atoms with E-state index in [1.165, 1.54) is 0 Å². The minimum atomic E-state index is -1.13. The number of carbonyl (C=O) groups excluding carboxylic acids is 1. The Bertz CT molecular complexity index is 165. The van der Waals surface area contributed by atoms with Crippen LogP contribution in [0.1, 0.15) is 0 Å². The van der Waals surface area contributed by atoms with Crippen molar-refractivity contribution in [1.29, 1.82) is 0 Å². The highest BCUT2D eigenvalue weighted by Crippen LogP contribution is 1.80. The van der Waals surface area contributed by atoms with Crippen molar-refractivity contribution in [2.45, 2.75) is 6.04 Å². The van der Waals surface area contributed by atoms with Crippen molar-refractivity contribution < 1.29 is 14.7 Å². The fourth-order valence-electron chi connectivity index (χ4n) is 0.358. The third-order valence-electron chi connectivity index (χ3n) is 0.958. The Morgan fingerprint density at radius 2 is 2.08 bits per heavy atom. The molecule has 0 saturated heterocycles. The summed E-state index contributed by atoms with van der Waals surface area (Å²) in [7, 11) is 0. The van der Waals surface area contributed by atoms with Crippen LogP contribution in [0.25, 0.3) is 0 Å². The van der Waals surface area contributed by atoms with Crippen LogP contribution in [0.3, 0.4) is 0 Å². The number of hydrogen-bond acceptors (Lipinski definition) is 3. The van der Waals surface area contributed by atoms with Gasteiger partial charge in [0.2, 0.25) is 5.91 Å². The fraction of sp³-hybridized carbons (Fsp3) is 0.600. The number of carbonyl (C=O) groups is 2. The molecule has 4 N–H and O–H groups in total. The van der Waals surface area contributed by atoms with Crippen LogP contribution in [0.5, 0.6) is 0 Å². The number of carboxylic acids is 1. The monoisotopic (exact) mass is 304 g/mol. The van der Waals surface area contributed by atoms with Gasteiger partial charge >= 0.3 is 5.97 Å². The molecule has 7 heteroatoms. The molecule has 0 aromatic carbocycles. The number of nitrogens with two attached hydrogens (primary N) is 1. The average molecular weight is 306 g/mol. The molecule has 0 fully saturated rings. The Labute approximate surface area is 88.6 Å². The van der Waals surface area contributed by atoms with Gasteiger partial charge < -0.3 is 16.2 Å². The molecule has 0 bridgehead atoms. The summed E-state index contributed by atoms with van der Waals surface area (Å²) in [5.41, 5.74) is 5.09. The van der Waals surface area contributed by atoms with Gasteiger partial charge in [-0.25, -0.2) is 0 Å². The van der Waals surface area contributed by atoms with Crippen LogP contribution in [0, 0.1) is 0 Å². The quantitative estimate of drug-likeness (QED) is 0.610. The summed E-state index contributed by atoms with van der Waals surface area (Å²) in [6, 6.07) is -1.03. The third-order valence-corrected chi connectivity index (χ3v) is 1.47. The maximum atomic E-state index is 10.5. The largest absolute Gasteiger partial charge is 0.480 e. The van der Waals surface area contributed by atoms with Crippen molar-refractivity contribution >= 4 is 44.8 Å². The van der Waals surface area contributed by atoms with E-state index in [2.05, 4.69) is 21.2 Å². The molecule has 0 aromatic rings. The van der Waals surface area contributed by atoms with E-state index in [9.17, 15) is 9.59 Å². The highest BCUT2D eigenvalue weighted by Gasteiger charge is 2.11. The van der Waals surface area contributed by atoms with Crippen molar-refractivity contribution in [1.82, 2.24) is 5.32 Å². The first-order chi connectivity index (χ1) is 5.07. The molecule has 72 valence electrons. The molecule has 0 aromatic heterocycles. The first-order valence-corrected chi connectivity index (χ1v) is 4.01.